The molecule has 8 heteroatoms. The number of hydrogen-bond acceptors (Lipinski definition) is 5. The van der Waals surface area contributed by atoms with E-state index in [4.69, 9.17) is 0 Å². The van der Waals surface area contributed by atoms with Gasteiger partial charge in [0.25, 0.3) is 5.56 Å². The second-order valence-corrected chi connectivity index (χ2v) is 7.89. The maximum atomic E-state index is 12.8. The monoisotopic (exact) mass is 411 g/mol. The van der Waals surface area contributed by atoms with Gasteiger partial charge in [0.05, 0.1) is 21.9 Å². The Morgan fingerprint density at radius 3 is 2.55 bits per heavy atom. The number of carbonyl (C=O) groups excluding carboxylic acids is 1. The van der Waals surface area contributed by atoms with Gasteiger partial charge in [-0.2, -0.15) is 0 Å². The fourth-order valence-corrected chi connectivity index (χ4v) is 3.75. The summed E-state index contributed by atoms with van der Waals surface area (Å²) in [4.78, 5) is 44.7. The Morgan fingerprint density at radius 2 is 1.83 bits per heavy atom. The minimum absolute atomic E-state index is 0.221. The molecule has 0 fully saturated rings. The van der Waals surface area contributed by atoms with Crippen LogP contribution in [0.5, 0.6) is 0 Å². The van der Waals surface area contributed by atoms with E-state index in [9.17, 15) is 19.5 Å². The van der Waals surface area contributed by atoms with E-state index in [-0.39, 0.29) is 24.6 Å². The van der Waals surface area contributed by atoms with Crippen molar-refractivity contribution in [1.29, 1.82) is 0 Å². The second kappa shape index (κ2) is 9.38. The van der Waals surface area contributed by atoms with Crippen LogP contribution in [0.4, 0.5) is 0 Å². The second-order valence-electron chi connectivity index (χ2n) is 6.56. The Morgan fingerprint density at radius 1 is 1.14 bits per heavy atom. The molecule has 1 aromatic heterocycles. The minimum atomic E-state index is -1.06. The summed E-state index contributed by atoms with van der Waals surface area (Å²) < 4.78 is 0. The van der Waals surface area contributed by atoms with E-state index in [1.54, 1.807) is 25.1 Å². The van der Waals surface area contributed by atoms with Crippen molar-refractivity contribution in [2.45, 2.75) is 24.5 Å². The first-order valence-electron chi connectivity index (χ1n) is 9.08. The fraction of sp³-hybridized carbons (Fsp3) is 0.238. The maximum absolute atomic E-state index is 12.8. The molecule has 1 unspecified atom stereocenters. The standard InChI is InChI=1S/C21H21N3O4S/c1-14(21(28)24(12-19(25)26)11-15-7-3-2-4-8-15)29-13-18-22-17-10-6-5-9-16(17)20(27)23-18/h2-10,14H,11-13H2,1H3,(H,25,26)(H,22,23,27). The van der Waals surface area contributed by atoms with Gasteiger partial charge in [-0.25, -0.2) is 4.98 Å². The van der Waals surface area contributed by atoms with Gasteiger partial charge >= 0.3 is 5.97 Å². The van der Waals surface area contributed by atoms with Crippen molar-refractivity contribution in [3.63, 3.8) is 0 Å². The highest BCUT2D eigenvalue weighted by atomic mass is 32.2. The average molecular weight is 411 g/mol. The number of para-hydroxylation sites is 1. The lowest BCUT2D eigenvalue weighted by molar-refractivity contribution is -0.144. The van der Waals surface area contributed by atoms with Crippen LogP contribution >= 0.6 is 11.8 Å². The van der Waals surface area contributed by atoms with Crippen LogP contribution in [0.1, 0.15) is 18.3 Å². The Balaban J connectivity index is 1.69. The van der Waals surface area contributed by atoms with Crippen molar-refractivity contribution >= 4 is 34.5 Å². The first-order valence-corrected chi connectivity index (χ1v) is 10.1. The number of nitrogens with zero attached hydrogens (tertiary/aromatic N) is 2. The van der Waals surface area contributed by atoms with Gasteiger partial charge < -0.3 is 15.0 Å². The molecule has 0 saturated heterocycles. The topological polar surface area (TPSA) is 103 Å². The predicted molar refractivity (Wildman–Crippen MR) is 113 cm³/mol. The van der Waals surface area contributed by atoms with Crippen LogP contribution in [0.25, 0.3) is 10.9 Å². The number of aromatic amines is 1. The molecule has 0 radical (unpaired) electrons. The summed E-state index contributed by atoms with van der Waals surface area (Å²) in [5.41, 5.74) is 1.24. The number of aliphatic carboxylic acids is 1. The summed E-state index contributed by atoms with van der Waals surface area (Å²) in [6.45, 7) is 1.58. The van der Waals surface area contributed by atoms with E-state index in [1.807, 2.05) is 36.4 Å². The number of carboxylic acids is 1. The van der Waals surface area contributed by atoms with Crippen molar-refractivity contribution in [3.05, 3.63) is 76.3 Å². The first kappa shape index (κ1) is 20.6. The zero-order chi connectivity index (χ0) is 20.8. The molecule has 150 valence electrons. The summed E-state index contributed by atoms with van der Waals surface area (Å²) in [5, 5.41) is 9.20. The smallest absolute Gasteiger partial charge is 0.323 e. The molecule has 0 saturated carbocycles. The minimum Gasteiger partial charge on any atom is -0.480 e. The highest BCUT2D eigenvalue weighted by Crippen LogP contribution is 2.19. The SMILES string of the molecule is CC(SCc1nc2ccccc2c(=O)[nH]1)C(=O)N(CC(=O)O)Cc1ccccc1. The molecule has 3 aromatic rings. The number of H-pyrrole nitrogens is 1. The van der Waals surface area contributed by atoms with Crippen LogP contribution < -0.4 is 5.56 Å². The molecule has 1 atom stereocenters. The molecule has 0 aliphatic rings. The maximum Gasteiger partial charge on any atom is 0.323 e. The highest BCUT2D eigenvalue weighted by molar-refractivity contribution is 7.99. The number of hydrogen-bond donors (Lipinski definition) is 2. The number of nitrogens with one attached hydrogen (secondary N) is 1. The van der Waals surface area contributed by atoms with Crippen molar-refractivity contribution < 1.29 is 14.7 Å². The van der Waals surface area contributed by atoms with Crippen LogP contribution in [-0.2, 0) is 21.9 Å². The third kappa shape index (κ3) is 5.45. The number of thioether (sulfide) groups is 1. The number of carboxylic acid groups (broad SMARTS) is 1. The van der Waals surface area contributed by atoms with E-state index < -0.39 is 11.2 Å². The molecule has 0 bridgehead atoms. The lowest BCUT2D eigenvalue weighted by atomic mass is 10.2. The summed E-state index contributed by atoms with van der Waals surface area (Å²) >= 11 is 1.30. The predicted octanol–water partition coefficient (Wildman–Crippen LogP) is 2.66. The Hall–Kier alpha value is -3.13. The van der Waals surface area contributed by atoms with Crippen LogP contribution in [0, 0.1) is 0 Å². The molecule has 3 rings (SSSR count). The van der Waals surface area contributed by atoms with Gasteiger partial charge in [-0.1, -0.05) is 42.5 Å². The zero-order valence-electron chi connectivity index (χ0n) is 15.9. The Bertz CT molecular complexity index is 1070. The van der Waals surface area contributed by atoms with Gasteiger partial charge in [0.15, 0.2) is 0 Å². The molecule has 2 aromatic carbocycles. The van der Waals surface area contributed by atoms with E-state index in [2.05, 4.69) is 9.97 Å². The lowest BCUT2D eigenvalue weighted by Gasteiger charge is -2.24. The quantitative estimate of drug-likeness (QED) is 0.591. The van der Waals surface area contributed by atoms with Gasteiger partial charge in [-0.3, -0.25) is 14.4 Å². The van der Waals surface area contributed by atoms with E-state index in [0.717, 1.165) is 5.56 Å². The number of amides is 1. The number of fused-ring (bicyclic) bond motifs is 1. The van der Waals surface area contributed by atoms with Gasteiger partial charge in [-0.05, 0) is 24.6 Å². The van der Waals surface area contributed by atoms with Crippen molar-refractivity contribution in [2.24, 2.45) is 0 Å². The molecule has 1 heterocycles. The van der Waals surface area contributed by atoms with Crippen molar-refractivity contribution in [3.8, 4) is 0 Å². The third-order valence-electron chi connectivity index (χ3n) is 4.33. The normalized spacial score (nSPS) is 11.9. The van der Waals surface area contributed by atoms with Gasteiger partial charge in [0, 0.05) is 6.54 Å². The van der Waals surface area contributed by atoms with Gasteiger partial charge in [0.2, 0.25) is 5.91 Å². The Labute approximate surface area is 171 Å². The van der Waals surface area contributed by atoms with Crippen LogP contribution in [0.15, 0.2) is 59.4 Å². The highest BCUT2D eigenvalue weighted by Gasteiger charge is 2.23. The number of rotatable bonds is 8. The summed E-state index contributed by atoms with van der Waals surface area (Å²) in [6, 6.07) is 16.3. The molecular formula is C21H21N3O4S. The molecule has 1 amide bonds. The molecule has 0 aliphatic carbocycles. The van der Waals surface area contributed by atoms with Crippen LogP contribution in [0.3, 0.4) is 0 Å². The largest absolute Gasteiger partial charge is 0.480 e. The van der Waals surface area contributed by atoms with Crippen LogP contribution in [0.2, 0.25) is 0 Å². The first-order chi connectivity index (χ1) is 13.9. The fourth-order valence-electron chi connectivity index (χ4n) is 2.91. The number of aromatic nitrogens is 2. The number of carbonyl (C=O) groups is 2. The molecular weight excluding hydrogens is 390 g/mol. The van der Waals surface area contributed by atoms with Crippen molar-refractivity contribution in [1.82, 2.24) is 14.9 Å². The molecule has 0 spiro atoms. The summed E-state index contributed by atoms with van der Waals surface area (Å²) in [7, 11) is 0. The van der Waals surface area contributed by atoms with E-state index in [1.165, 1.54) is 16.7 Å². The molecule has 0 aliphatic heterocycles. The number of benzene rings is 2. The van der Waals surface area contributed by atoms with Gasteiger partial charge in [-0.15, -0.1) is 11.8 Å². The molecule has 7 nitrogen and oxygen atoms in total. The van der Waals surface area contributed by atoms with Gasteiger partial charge in [0.1, 0.15) is 12.4 Å². The average Bonchev–Trinajstić information content (AvgIpc) is 2.71. The lowest BCUT2D eigenvalue weighted by Crippen LogP contribution is -2.39. The Kier molecular flexibility index (Phi) is 6.66. The van der Waals surface area contributed by atoms with E-state index >= 15 is 0 Å². The van der Waals surface area contributed by atoms with E-state index in [0.29, 0.717) is 22.5 Å². The summed E-state index contributed by atoms with van der Waals surface area (Å²) in [6.07, 6.45) is 0. The summed E-state index contributed by atoms with van der Waals surface area (Å²) in [5.74, 6) is -0.526. The third-order valence-corrected chi connectivity index (χ3v) is 5.48. The molecule has 29 heavy (non-hydrogen) atoms. The van der Waals surface area contributed by atoms with Crippen molar-refractivity contribution in [2.75, 3.05) is 6.54 Å². The molecule has 2 N–H and O–H groups in total. The van der Waals surface area contributed by atoms with Crippen LogP contribution in [-0.4, -0.2) is 43.6 Å². The zero-order valence-corrected chi connectivity index (χ0v) is 16.7.